The molecule has 1 aromatic carbocycles. The number of fused-ring (bicyclic) bond motifs is 2. The monoisotopic (exact) mass is 446 g/mol. The van der Waals surface area contributed by atoms with Gasteiger partial charge in [0.05, 0.1) is 18.8 Å². The van der Waals surface area contributed by atoms with Gasteiger partial charge in [0, 0.05) is 48.7 Å². The first kappa shape index (κ1) is 19.8. The Kier molecular flexibility index (Phi) is 4.81. The van der Waals surface area contributed by atoms with E-state index in [1.165, 1.54) is 0 Å². The molecule has 0 fully saturated rings. The summed E-state index contributed by atoms with van der Waals surface area (Å²) in [6.07, 6.45) is 7.04. The lowest BCUT2D eigenvalue weighted by Gasteiger charge is -2.15. The molecule has 0 aliphatic carbocycles. The fraction of sp³-hybridized carbons (Fsp3) is 0.120. The number of aromatic nitrogens is 7. The van der Waals surface area contributed by atoms with Gasteiger partial charge in [0.1, 0.15) is 11.4 Å². The average Bonchev–Trinajstić information content (AvgIpc) is 3.54. The quantitative estimate of drug-likeness (QED) is 0.422. The van der Waals surface area contributed by atoms with Gasteiger partial charge in [-0.05, 0) is 47.4 Å². The van der Waals surface area contributed by atoms with Gasteiger partial charge >= 0.3 is 0 Å². The molecule has 1 N–H and O–H groups in total. The second-order valence-corrected chi connectivity index (χ2v) is 7.78. The molecular weight excluding hydrogens is 428 g/mol. The molecule has 0 saturated heterocycles. The topological polar surface area (TPSA) is 106 Å². The molecule has 6 rings (SSSR count). The molecule has 164 valence electrons. The first-order chi connectivity index (χ1) is 16.7. The van der Waals surface area contributed by atoms with Gasteiger partial charge in [-0.25, -0.2) is 24.9 Å². The van der Waals surface area contributed by atoms with Crippen LogP contribution in [-0.4, -0.2) is 42.2 Å². The summed E-state index contributed by atoms with van der Waals surface area (Å²) in [5.41, 5.74) is 5.41. The highest BCUT2D eigenvalue weighted by atomic mass is 16.5. The van der Waals surface area contributed by atoms with E-state index in [1.807, 2.05) is 30.5 Å². The van der Waals surface area contributed by atoms with Crippen molar-refractivity contribution in [1.82, 2.24) is 35.1 Å². The zero-order valence-electron chi connectivity index (χ0n) is 18.2. The Balaban J connectivity index is 1.25. The van der Waals surface area contributed by atoms with Crippen molar-refractivity contribution in [3.63, 3.8) is 0 Å². The summed E-state index contributed by atoms with van der Waals surface area (Å²) in [7, 11) is 1.62. The van der Waals surface area contributed by atoms with Crippen LogP contribution in [0.1, 0.15) is 22.4 Å². The van der Waals surface area contributed by atoms with Crippen molar-refractivity contribution in [2.45, 2.75) is 13.1 Å². The van der Waals surface area contributed by atoms with E-state index in [0.717, 1.165) is 27.6 Å². The van der Waals surface area contributed by atoms with Gasteiger partial charge in [-0.15, -0.1) is 0 Å². The maximum atomic E-state index is 5.24. The number of ether oxygens (including phenoxy) is 1. The number of nitrogens with zero attached hydrogens (tertiary/aromatic N) is 7. The number of rotatable bonds is 3. The van der Waals surface area contributed by atoms with Crippen LogP contribution in [0.15, 0.2) is 61.2 Å². The van der Waals surface area contributed by atoms with E-state index >= 15 is 0 Å². The van der Waals surface area contributed by atoms with Crippen LogP contribution in [0.4, 0.5) is 5.95 Å². The van der Waals surface area contributed by atoms with Crippen LogP contribution in [0.3, 0.4) is 0 Å². The van der Waals surface area contributed by atoms with Gasteiger partial charge in [-0.1, -0.05) is 5.92 Å². The van der Waals surface area contributed by atoms with E-state index in [4.69, 9.17) is 9.72 Å². The molecule has 5 heterocycles. The lowest BCUT2D eigenvalue weighted by molar-refractivity contribution is 0.397. The molecule has 0 spiro atoms. The van der Waals surface area contributed by atoms with Gasteiger partial charge in [0.2, 0.25) is 11.8 Å². The minimum atomic E-state index is 0.501. The fourth-order valence-electron chi connectivity index (χ4n) is 3.85. The molecule has 0 amide bonds. The molecule has 1 aliphatic rings. The molecule has 9 nitrogen and oxygen atoms in total. The summed E-state index contributed by atoms with van der Waals surface area (Å²) in [5.74, 6) is 7.99. The van der Waals surface area contributed by atoms with Gasteiger partial charge in [0.25, 0.3) is 0 Å². The van der Waals surface area contributed by atoms with Crippen LogP contribution in [0, 0.1) is 11.8 Å². The Morgan fingerprint density at radius 2 is 1.82 bits per heavy atom. The molecular formula is C25H18N8O. The highest BCUT2D eigenvalue weighted by Gasteiger charge is 2.22. The number of hydrogen-bond donors (Lipinski definition) is 1. The SMILES string of the molecule is COc1cc2c(cn1)CN(c1nccc(-c3nccc(C#Cc4ccc5[nH]ncc5c4)n3)n1)C2. The average molecular weight is 446 g/mol. The standard InChI is InChI=1S/C25H18N8O/c1-34-23-11-18-14-33(15-19(18)12-28-23)25-27-9-7-22(31-25)24-26-8-6-20(30-24)4-2-16-3-5-21-17(10-16)13-29-32-21/h3,5-13H,14-15H2,1H3,(H,29,32). The van der Waals surface area contributed by atoms with Gasteiger partial charge in [0.15, 0.2) is 5.82 Å². The van der Waals surface area contributed by atoms with Gasteiger partial charge < -0.3 is 9.64 Å². The first-order valence-electron chi connectivity index (χ1n) is 10.6. The predicted octanol–water partition coefficient (Wildman–Crippen LogP) is 3.13. The van der Waals surface area contributed by atoms with Crippen LogP contribution in [0.25, 0.3) is 22.4 Å². The van der Waals surface area contributed by atoms with Crippen LogP contribution >= 0.6 is 0 Å². The molecule has 0 saturated carbocycles. The molecule has 4 aromatic heterocycles. The Hall–Kier alpha value is -4.84. The molecule has 0 unspecified atom stereocenters. The molecule has 0 radical (unpaired) electrons. The minimum absolute atomic E-state index is 0.501. The van der Waals surface area contributed by atoms with Gasteiger partial charge in [-0.2, -0.15) is 5.10 Å². The molecule has 34 heavy (non-hydrogen) atoms. The van der Waals surface area contributed by atoms with Crippen molar-refractivity contribution >= 4 is 16.9 Å². The lowest BCUT2D eigenvalue weighted by atomic mass is 10.1. The Morgan fingerprint density at radius 3 is 2.76 bits per heavy atom. The van der Waals surface area contributed by atoms with Crippen LogP contribution < -0.4 is 9.64 Å². The number of H-pyrrole nitrogens is 1. The van der Waals surface area contributed by atoms with Crippen molar-refractivity contribution in [3.8, 4) is 29.2 Å². The summed E-state index contributed by atoms with van der Waals surface area (Å²) >= 11 is 0. The summed E-state index contributed by atoms with van der Waals surface area (Å²) in [5, 5.41) is 8.00. The van der Waals surface area contributed by atoms with E-state index in [1.54, 1.807) is 37.8 Å². The summed E-state index contributed by atoms with van der Waals surface area (Å²) < 4.78 is 5.24. The largest absolute Gasteiger partial charge is 0.481 e. The number of methoxy groups -OCH3 is 1. The smallest absolute Gasteiger partial charge is 0.226 e. The molecule has 9 heteroatoms. The normalized spacial score (nSPS) is 12.3. The predicted molar refractivity (Wildman–Crippen MR) is 126 cm³/mol. The van der Waals surface area contributed by atoms with E-state index in [9.17, 15) is 0 Å². The highest BCUT2D eigenvalue weighted by Crippen LogP contribution is 2.28. The molecule has 0 atom stereocenters. The summed E-state index contributed by atoms with van der Waals surface area (Å²) in [6.45, 7) is 1.37. The Labute approximate surface area is 194 Å². The fourth-order valence-corrected chi connectivity index (χ4v) is 3.85. The zero-order valence-corrected chi connectivity index (χ0v) is 18.2. The van der Waals surface area contributed by atoms with E-state index in [2.05, 4.69) is 46.9 Å². The number of aromatic amines is 1. The lowest BCUT2D eigenvalue weighted by Crippen LogP contribution is -2.17. The van der Waals surface area contributed by atoms with Gasteiger partial charge in [-0.3, -0.25) is 5.10 Å². The maximum Gasteiger partial charge on any atom is 0.226 e. The van der Waals surface area contributed by atoms with Crippen LogP contribution in [0.2, 0.25) is 0 Å². The number of nitrogens with one attached hydrogen (secondary N) is 1. The minimum Gasteiger partial charge on any atom is -0.481 e. The Bertz CT molecular complexity index is 1580. The highest BCUT2D eigenvalue weighted by molar-refractivity contribution is 5.79. The molecule has 5 aromatic rings. The number of pyridine rings is 1. The molecule has 0 bridgehead atoms. The van der Waals surface area contributed by atoms with Crippen molar-refractivity contribution < 1.29 is 4.74 Å². The summed E-state index contributed by atoms with van der Waals surface area (Å²) in [6, 6.07) is 11.4. The number of hydrogen-bond acceptors (Lipinski definition) is 8. The van der Waals surface area contributed by atoms with Crippen molar-refractivity contribution in [1.29, 1.82) is 0 Å². The zero-order chi connectivity index (χ0) is 22.9. The second kappa shape index (κ2) is 8.26. The molecule has 1 aliphatic heterocycles. The third-order valence-corrected chi connectivity index (χ3v) is 5.57. The van der Waals surface area contributed by atoms with Crippen molar-refractivity contribution in [3.05, 3.63) is 83.6 Å². The van der Waals surface area contributed by atoms with E-state index in [0.29, 0.717) is 42.1 Å². The third kappa shape index (κ3) is 3.78. The second-order valence-electron chi connectivity index (χ2n) is 7.78. The number of benzene rings is 1. The third-order valence-electron chi connectivity index (χ3n) is 5.57. The van der Waals surface area contributed by atoms with E-state index < -0.39 is 0 Å². The van der Waals surface area contributed by atoms with E-state index in [-0.39, 0.29) is 0 Å². The maximum absolute atomic E-state index is 5.24. The van der Waals surface area contributed by atoms with Crippen LogP contribution in [0.5, 0.6) is 5.88 Å². The Morgan fingerprint density at radius 1 is 0.912 bits per heavy atom. The van der Waals surface area contributed by atoms with Crippen molar-refractivity contribution in [2.75, 3.05) is 12.0 Å². The first-order valence-corrected chi connectivity index (χ1v) is 10.6. The van der Waals surface area contributed by atoms with Crippen molar-refractivity contribution in [2.24, 2.45) is 0 Å². The number of anilines is 1. The van der Waals surface area contributed by atoms with Crippen LogP contribution in [-0.2, 0) is 13.1 Å². The summed E-state index contributed by atoms with van der Waals surface area (Å²) in [4.78, 5) is 24.6.